The average Bonchev–Trinajstić information content (AvgIpc) is 2.77. The van der Waals surface area contributed by atoms with Gasteiger partial charge in [0.2, 0.25) is 6.79 Å². The number of carbonyl (C=O) groups excluding carboxylic acids is 1. The largest absolute Gasteiger partial charge is 0.457 e. The van der Waals surface area contributed by atoms with E-state index in [4.69, 9.17) is 9.47 Å². The maximum absolute atomic E-state index is 12.2. The smallest absolute Gasteiger partial charge is 0.308 e. The fourth-order valence-corrected chi connectivity index (χ4v) is 3.99. The van der Waals surface area contributed by atoms with Crippen LogP contribution in [-0.4, -0.2) is 37.9 Å². The van der Waals surface area contributed by atoms with Gasteiger partial charge in [0.25, 0.3) is 0 Å². The van der Waals surface area contributed by atoms with Crippen LogP contribution in [0.2, 0.25) is 0 Å². The highest BCUT2D eigenvalue weighted by Crippen LogP contribution is 2.21. The number of nitrogens with zero attached hydrogens (tertiary/aromatic N) is 1. The van der Waals surface area contributed by atoms with Gasteiger partial charge in [0, 0.05) is 12.0 Å². The summed E-state index contributed by atoms with van der Waals surface area (Å²) in [5.74, 6) is 0.632. The molecule has 0 saturated carbocycles. The van der Waals surface area contributed by atoms with E-state index in [0.717, 1.165) is 36.2 Å². The van der Waals surface area contributed by atoms with E-state index in [1.807, 2.05) is 24.3 Å². The Labute approximate surface area is 195 Å². The number of benzene rings is 2. The second-order valence-corrected chi connectivity index (χ2v) is 9.31. The van der Waals surface area contributed by atoms with Crippen LogP contribution in [-0.2, 0) is 22.5 Å². The topological polar surface area (TPSA) is 35.5 Å². The summed E-state index contributed by atoms with van der Waals surface area (Å²) < 4.78 is 12.0. The molecule has 0 atom stereocenters. The molecule has 0 amide bonds. The summed E-state index contributed by atoms with van der Waals surface area (Å²) in [6.07, 6.45) is 9.87. The van der Waals surface area contributed by atoms with Crippen LogP contribution in [0.25, 0.3) is 0 Å². The van der Waals surface area contributed by atoms with Gasteiger partial charge in [-0.1, -0.05) is 87.6 Å². The third kappa shape index (κ3) is 10.8. The summed E-state index contributed by atoms with van der Waals surface area (Å²) in [5, 5.41) is 0. The van der Waals surface area contributed by atoms with Crippen molar-refractivity contribution in [1.82, 2.24) is 0 Å². The van der Waals surface area contributed by atoms with Crippen molar-refractivity contribution in [3.8, 4) is 5.75 Å². The minimum Gasteiger partial charge on any atom is -0.457 e. The summed E-state index contributed by atoms with van der Waals surface area (Å²) >= 11 is 0. The highest BCUT2D eigenvalue weighted by Gasteiger charge is 2.16. The Bertz CT molecular complexity index is 773. The normalized spacial score (nSPS) is 11.3. The zero-order valence-corrected chi connectivity index (χ0v) is 20.4. The molecular weight excluding hydrogens is 398 g/mol. The first-order valence-corrected chi connectivity index (χ1v) is 12.2. The zero-order chi connectivity index (χ0) is 23.1. The third-order valence-electron chi connectivity index (χ3n) is 5.80. The van der Waals surface area contributed by atoms with Gasteiger partial charge < -0.3 is 14.0 Å². The summed E-state index contributed by atoms with van der Waals surface area (Å²) in [7, 11) is 4.39. The lowest BCUT2D eigenvalue weighted by Gasteiger charge is -2.29. The van der Waals surface area contributed by atoms with Crippen molar-refractivity contribution in [3.63, 3.8) is 0 Å². The highest BCUT2D eigenvalue weighted by atomic mass is 16.7. The van der Waals surface area contributed by atoms with Crippen LogP contribution in [0.3, 0.4) is 0 Å². The lowest BCUT2D eigenvalue weighted by Crippen LogP contribution is -2.39. The van der Waals surface area contributed by atoms with Gasteiger partial charge in [0.15, 0.2) is 0 Å². The molecular formula is C28H42NO3+. The molecule has 0 aliphatic heterocycles. The molecule has 32 heavy (non-hydrogen) atoms. The monoisotopic (exact) mass is 440 g/mol. The molecule has 2 aromatic carbocycles. The fourth-order valence-electron chi connectivity index (χ4n) is 3.99. The Kier molecular flexibility index (Phi) is 11.9. The van der Waals surface area contributed by atoms with Crippen LogP contribution < -0.4 is 4.74 Å². The summed E-state index contributed by atoms with van der Waals surface area (Å²) in [6, 6.07) is 18.5. The zero-order valence-electron chi connectivity index (χ0n) is 20.4. The average molecular weight is 441 g/mol. The standard InChI is InChI=1S/C28H42NO3/c1-4-5-6-7-8-12-18-26-19-13-14-20-27(26)31-24-32-28(30)21-15-22-29(2,3)23-25-16-10-9-11-17-25/h9-11,13-14,16-17,19-20H,4-8,12,15,18,21-24H2,1-3H3/q+1. The SMILES string of the molecule is CCCCCCCCc1ccccc1OCOC(=O)CCC[N+](C)(C)Cc1ccccc1. The van der Waals surface area contributed by atoms with E-state index in [1.165, 1.54) is 49.7 Å². The van der Waals surface area contributed by atoms with Crippen molar-refractivity contribution in [2.24, 2.45) is 0 Å². The van der Waals surface area contributed by atoms with Crippen LogP contribution in [0.15, 0.2) is 54.6 Å². The number of hydrogen-bond acceptors (Lipinski definition) is 3. The van der Waals surface area contributed by atoms with Gasteiger partial charge >= 0.3 is 5.97 Å². The minimum atomic E-state index is -0.196. The van der Waals surface area contributed by atoms with E-state index in [2.05, 4.69) is 51.4 Å². The molecule has 0 saturated heterocycles. The van der Waals surface area contributed by atoms with Crippen molar-refractivity contribution in [1.29, 1.82) is 0 Å². The Morgan fingerprint density at radius 3 is 2.31 bits per heavy atom. The first-order valence-electron chi connectivity index (χ1n) is 12.2. The molecule has 0 spiro atoms. The lowest BCUT2D eigenvalue weighted by molar-refractivity contribution is -0.903. The molecule has 2 aromatic rings. The lowest BCUT2D eigenvalue weighted by atomic mass is 10.0. The summed E-state index contributed by atoms with van der Waals surface area (Å²) in [6.45, 7) is 4.10. The summed E-state index contributed by atoms with van der Waals surface area (Å²) in [5.41, 5.74) is 2.51. The molecule has 0 unspecified atom stereocenters. The second-order valence-electron chi connectivity index (χ2n) is 9.31. The summed E-state index contributed by atoms with van der Waals surface area (Å²) in [4.78, 5) is 12.2. The molecule has 176 valence electrons. The van der Waals surface area contributed by atoms with Crippen molar-refractivity contribution in [3.05, 3.63) is 65.7 Å². The Morgan fingerprint density at radius 1 is 0.844 bits per heavy atom. The van der Waals surface area contributed by atoms with E-state index in [9.17, 15) is 4.79 Å². The molecule has 0 radical (unpaired) electrons. The second kappa shape index (κ2) is 14.7. The van der Waals surface area contributed by atoms with Crippen LogP contribution >= 0.6 is 0 Å². The van der Waals surface area contributed by atoms with Crippen LogP contribution in [0.4, 0.5) is 0 Å². The fraction of sp³-hybridized carbons (Fsp3) is 0.536. The molecule has 0 heterocycles. The molecule has 0 N–H and O–H groups in total. The number of para-hydroxylation sites is 1. The highest BCUT2D eigenvalue weighted by molar-refractivity contribution is 5.69. The van der Waals surface area contributed by atoms with Gasteiger partial charge in [-0.2, -0.15) is 0 Å². The van der Waals surface area contributed by atoms with Crippen molar-refractivity contribution in [2.45, 2.75) is 71.3 Å². The van der Waals surface area contributed by atoms with Gasteiger partial charge in [-0.3, -0.25) is 4.79 Å². The van der Waals surface area contributed by atoms with Crippen molar-refractivity contribution < 1.29 is 18.8 Å². The number of hydrogen-bond donors (Lipinski definition) is 0. The van der Waals surface area contributed by atoms with Crippen LogP contribution in [0.1, 0.15) is 69.4 Å². The molecule has 0 aliphatic carbocycles. The first kappa shape index (κ1) is 25.9. The number of aryl methyl sites for hydroxylation is 1. The molecule has 4 nitrogen and oxygen atoms in total. The predicted molar refractivity (Wildman–Crippen MR) is 131 cm³/mol. The van der Waals surface area contributed by atoms with Crippen LogP contribution in [0.5, 0.6) is 5.75 Å². The maximum Gasteiger partial charge on any atom is 0.308 e. The predicted octanol–water partition coefficient (Wildman–Crippen LogP) is 6.53. The van der Waals surface area contributed by atoms with Crippen molar-refractivity contribution in [2.75, 3.05) is 27.4 Å². The molecule has 2 rings (SSSR count). The number of quaternary nitrogens is 1. The van der Waals surface area contributed by atoms with Gasteiger partial charge in [0.05, 0.1) is 27.1 Å². The Hall–Kier alpha value is -2.33. The van der Waals surface area contributed by atoms with E-state index < -0.39 is 0 Å². The van der Waals surface area contributed by atoms with E-state index >= 15 is 0 Å². The number of unbranched alkanes of at least 4 members (excludes halogenated alkanes) is 5. The molecule has 0 aliphatic rings. The van der Waals surface area contributed by atoms with Gasteiger partial charge in [-0.05, 0) is 24.5 Å². The Balaban J connectivity index is 1.64. The van der Waals surface area contributed by atoms with Gasteiger partial charge in [0.1, 0.15) is 12.3 Å². The van der Waals surface area contributed by atoms with Crippen molar-refractivity contribution >= 4 is 5.97 Å². The van der Waals surface area contributed by atoms with Gasteiger partial charge in [-0.15, -0.1) is 0 Å². The molecule has 0 aromatic heterocycles. The quantitative estimate of drug-likeness (QED) is 0.129. The third-order valence-corrected chi connectivity index (χ3v) is 5.80. The van der Waals surface area contributed by atoms with E-state index in [0.29, 0.717) is 6.42 Å². The minimum absolute atomic E-state index is 0.0192. The first-order chi connectivity index (χ1) is 15.5. The van der Waals surface area contributed by atoms with E-state index in [1.54, 1.807) is 0 Å². The number of rotatable bonds is 16. The van der Waals surface area contributed by atoms with E-state index in [-0.39, 0.29) is 12.8 Å². The number of carbonyl (C=O) groups is 1. The number of esters is 1. The van der Waals surface area contributed by atoms with Crippen LogP contribution in [0, 0.1) is 0 Å². The Morgan fingerprint density at radius 2 is 1.53 bits per heavy atom. The molecule has 0 fully saturated rings. The maximum atomic E-state index is 12.2. The molecule has 0 bridgehead atoms. The number of ether oxygens (including phenoxy) is 2. The molecule has 4 heteroatoms. The van der Waals surface area contributed by atoms with Gasteiger partial charge in [-0.25, -0.2) is 0 Å².